The molecule has 0 unspecified atom stereocenters. The molecule has 1 saturated carbocycles. The third-order valence-corrected chi connectivity index (χ3v) is 2.63. The van der Waals surface area contributed by atoms with Crippen LogP contribution in [0.3, 0.4) is 0 Å². The van der Waals surface area contributed by atoms with E-state index in [-0.39, 0.29) is 5.54 Å². The van der Waals surface area contributed by atoms with Crippen LogP contribution < -0.4 is 5.32 Å². The van der Waals surface area contributed by atoms with E-state index in [2.05, 4.69) is 26.1 Å². The summed E-state index contributed by atoms with van der Waals surface area (Å²) >= 11 is 0. The van der Waals surface area contributed by atoms with Gasteiger partial charge in [0.15, 0.2) is 0 Å². The topological polar surface area (TPSA) is 21.3 Å². The molecule has 0 heterocycles. The Morgan fingerprint density at radius 1 is 1.21 bits per heavy atom. The lowest BCUT2D eigenvalue weighted by Gasteiger charge is -2.20. The zero-order chi connectivity index (χ0) is 10.4. The quantitative estimate of drug-likeness (QED) is 0.687. The summed E-state index contributed by atoms with van der Waals surface area (Å²) in [4.78, 5) is 0. The van der Waals surface area contributed by atoms with Crippen molar-refractivity contribution in [2.75, 3.05) is 13.2 Å². The summed E-state index contributed by atoms with van der Waals surface area (Å²) in [5.41, 5.74) is 0.243. The minimum absolute atomic E-state index is 0.243. The van der Waals surface area contributed by atoms with Gasteiger partial charge in [0.2, 0.25) is 0 Å². The molecule has 0 bridgehead atoms. The van der Waals surface area contributed by atoms with E-state index in [9.17, 15) is 0 Å². The Balaban J connectivity index is 1.89. The summed E-state index contributed by atoms with van der Waals surface area (Å²) in [6.07, 6.45) is 7.01. The first-order valence-corrected chi connectivity index (χ1v) is 5.94. The van der Waals surface area contributed by atoms with Crippen LogP contribution >= 0.6 is 0 Å². The Labute approximate surface area is 88.4 Å². The van der Waals surface area contributed by atoms with Gasteiger partial charge in [0.1, 0.15) is 0 Å². The first-order chi connectivity index (χ1) is 6.58. The molecule has 2 nitrogen and oxygen atoms in total. The zero-order valence-electron chi connectivity index (χ0n) is 9.94. The maximum atomic E-state index is 5.78. The Morgan fingerprint density at radius 3 is 2.43 bits per heavy atom. The molecule has 0 aromatic carbocycles. The van der Waals surface area contributed by atoms with Crippen molar-refractivity contribution in [2.45, 2.75) is 64.5 Å². The minimum Gasteiger partial charge on any atom is -0.378 e. The van der Waals surface area contributed by atoms with E-state index in [1.165, 1.54) is 25.7 Å². The lowest BCUT2D eigenvalue weighted by atomic mass is 10.1. The van der Waals surface area contributed by atoms with Gasteiger partial charge in [-0.2, -0.15) is 0 Å². The third-order valence-electron chi connectivity index (χ3n) is 2.63. The Hall–Kier alpha value is -0.0800. The summed E-state index contributed by atoms with van der Waals surface area (Å²) in [5, 5.41) is 3.47. The molecule has 0 aliphatic heterocycles. The molecule has 0 spiro atoms. The highest BCUT2D eigenvalue weighted by atomic mass is 16.5. The highest BCUT2D eigenvalue weighted by Crippen LogP contribution is 2.20. The normalized spacial score (nSPS) is 19.1. The molecule has 0 atom stereocenters. The monoisotopic (exact) mass is 199 g/mol. The van der Waals surface area contributed by atoms with Crippen LogP contribution in [0, 0.1) is 0 Å². The predicted octanol–water partition coefficient (Wildman–Crippen LogP) is 2.72. The van der Waals surface area contributed by atoms with Crippen LogP contribution in [0.25, 0.3) is 0 Å². The fourth-order valence-corrected chi connectivity index (χ4v) is 1.84. The average molecular weight is 199 g/mol. The molecule has 2 heteroatoms. The maximum Gasteiger partial charge on any atom is 0.0575 e. The van der Waals surface area contributed by atoms with E-state index >= 15 is 0 Å². The molecule has 14 heavy (non-hydrogen) atoms. The van der Waals surface area contributed by atoms with Crippen LogP contribution in [0.2, 0.25) is 0 Å². The lowest BCUT2D eigenvalue weighted by Crippen LogP contribution is -2.36. The third kappa shape index (κ3) is 5.61. The first-order valence-electron chi connectivity index (χ1n) is 5.94. The van der Waals surface area contributed by atoms with Crippen LogP contribution in [0.15, 0.2) is 0 Å². The van der Waals surface area contributed by atoms with Gasteiger partial charge in [-0.05, 0) is 46.6 Å². The number of ether oxygens (including phenoxy) is 1. The van der Waals surface area contributed by atoms with Crippen LogP contribution in [0.5, 0.6) is 0 Å². The number of nitrogens with one attached hydrogen (secondary N) is 1. The van der Waals surface area contributed by atoms with E-state index in [1.807, 2.05) is 0 Å². The summed E-state index contributed by atoms with van der Waals surface area (Å²) in [5.74, 6) is 0. The van der Waals surface area contributed by atoms with Gasteiger partial charge in [0.05, 0.1) is 6.10 Å². The summed E-state index contributed by atoms with van der Waals surface area (Å²) in [6.45, 7) is 8.59. The van der Waals surface area contributed by atoms with Crippen LogP contribution in [0.4, 0.5) is 0 Å². The van der Waals surface area contributed by atoms with Gasteiger partial charge in [0.25, 0.3) is 0 Å². The molecule has 0 amide bonds. The van der Waals surface area contributed by atoms with Crippen LogP contribution in [-0.2, 0) is 4.74 Å². The van der Waals surface area contributed by atoms with E-state index < -0.39 is 0 Å². The molecule has 84 valence electrons. The van der Waals surface area contributed by atoms with Crippen molar-refractivity contribution in [1.82, 2.24) is 5.32 Å². The second-order valence-corrected chi connectivity index (χ2v) is 5.31. The maximum absolute atomic E-state index is 5.78. The number of hydrogen-bond donors (Lipinski definition) is 1. The second kappa shape index (κ2) is 5.72. The van der Waals surface area contributed by atoms with Gasteiger partial charge in [-0.25, -0.2) is 0 Å². The van der Waals surface area contributed by atoms with Crippen molar-refractivity contribution in [3.05, 3.63) is 0 Å². The molecule has 0 radical (unpaired) electrons. The van der Waals surface area contributed by atoms with E-state index in [4.69, 9.17) is 4.74 Å². The van der Waals surface area contributed by atoms with Gasteiger partial charge in [-0.1, -0.05) is 12.8 Å². The highest BCUT2D eigenvalue weighted by molar-refractivity contribution is 4.70. The largest absolute Gasteiger partial charge is 0.378 e. The molecule has 1 aliphatic rings. The van der Waals surface area contributed by atoms with Crippen LogP contribution in [0.1, 0.15) is 52.9 Å². The smallest absolute Gasteiger partial charge is 0.0575 e. The number of hydrogen-bond acceptors (Lipinski definition) is 2. The molecular formula is C12H25NO. The molecule has 0 saturated heterocycles. The zero-order valence-corrected chi connectivity index (χ0v) is 9.94. The van der Waals surface area contributed by atoms with Crippen molar-refractivity contribution >= 4 is 0 Å². The summed E-state index contributed by atoms with van der Waals surface area (Å²) in [6, 6.07) is 0. The molecule has 1 N–H and O–H groups in total. The van der Waals surface area contributed by atoms with Crippen molar-refractivity contribution in [2.24, 2.45) is 0 Å². The van der Waals surface area contributed by atoms with Gasteiger partial charge < -0.3 is 10.1 Å². The minimum atomic E-state index is 0.243. The second-order valence-electron chi connectivity index (χ2n) is 5.31. The molecule has 0 aromatic rings. The first kappa shape index (κ1) is 12.0. The van der Waals surface area contributed by atoms with Crippen LogP contribution in [-0.4, -0.2) is 24.8 Å². The lowest BCUT2D eigenvalue weighted by molar-refractivity contribution is 0.0562. The average Bonchev–Trinajstić information content (AvgIpc) is 2.54. The Kier molecular flexibility index (Phi) is 4.90. The van der Waals surface area contributed by atoms with Gasteiger partial charge in [-0.3, -0.25) is 0 Å². The Morgan fingerprint density at radius 2 is 1.86 bits per heavy atom. The Bertz CT molecular complexity index is 145. The van der Waals surface area contributed by atoms with Crippen molar-refractivity contribution in [1.29, 1.82) is 0 Å². The van der Waals surface area contributed by atoms with E-state index in [0.29, 0.717) is 6.10 Å². The SMILES string of the molecule is CC(C)(C)NCCCOC1CCCC1. The molecule has 1 rings (SSSR count). The van der Waals surface area contributed by atoms with E-state index in [0.717, 1.165) is 19.6 Å². The fourth-order valence-electron chi connectivity index (χ4n) is 1.84. The summed E-state index contributed by atoms with van der Waals surface area (Å²) in [7, 11) is 0. The van der Waals surface area contributed by atoms with Crippen molar-refractivity contribution < 1.29 is 4.74 Å². The molecule has 0 aromatic heterocycles. The number of rotatable bonds is 5. The predicted molar refractivity (Wildman–Crippen MR) is 60.6 cm³/mol. The van der Waals surface area contributed by atoms with Gasteiger partial charge in [0, 0.05) is 12.1 Å². The summed E-state index contributed by atoms with van der Waals surface area (Å²) < 4.78 is 5.78. The van der Waals surface area contributed by atoms with Crippen molar-refractivity contribution in [3.63, 3.8) is 0 Å². The standard InChI is InChI=1S/C12H25NO/c1-12(2,3)13-9-6-10-14-11-7-4-5-8-11/h11,13H,4-10H2,1-3H3. The fraction of sp³-hybridized carbons (Fsp3) is 1.00. The molecule has 1 fully saturated rings. The highest BCUT2D eigenvalue weighted by Gasteiger charge is 2.14. The van der Waals surface area contributed by atoms with E-state index in [1.54, 1.807) is 0 Å². The molecule has 1 aliphatic carbocycles. The molecular weight excluding hydrogens is 174 g/mol. The van der Waals surface area contributed by atoms with Gasteiger partial charge in [-0.15, -0.1) is 0 Å². The van der Waals surface area contributed by atoms with Gasteiger partial charge >= 0.3 is 0 Å². The van der Waals surface area contributed by atoms with Crippen molar-refractivity contribution in [3.8, 4) is 0 Å².